The second kappa shape index (κ2) is 7.52. The van der Waals surface area contributed by atoms with Gasteiger partial charge in [-0.15, -0.1) is 0 Å². The highest BCUT2D eigenvalue weighted by molar-refractivity contribution is 7.10. The van der Waals surface area contributed by atoms with Gasteiger partial charge in [-0.1, -0.05) is 0 Å². The van der Waals surface area contributed by atoms with Crippen LogP contribution in [0.3, 0.4) is 0 Å². The van der Waals surface area contributed by atoms with Crippen molar-refractivity contribution in [2.45, 2.75) is 19.8 Å². The monoisotopic (exact) mass is 333 g/mol. The Bertz CT molecular complexity index is 651. The molecule has 0 aromatic carbocycles. The molecule has 0 atom stereocenters. The van der Waals surface area contributed by atoms with Crippen LogP contribution >= 0.6 is 11.5 Å². The first-order valence-electron chi connectivity index (χ1n) is 7.62. The second-order valence-electron chi connectivity index (χ2n) is 5.54. The fraction of sp³-hybridized carbons (Fsp3) is 0.438. The molecule has 2 aromatic rings. The number of hydrogen-bond acceptors (Lipinski definition) is 6. The number of amides is 1. The van der Waals surface area contributed by atoms with Gasteiger partial charge in [-0.25, -0.2) is 4.98 Å². The number of pyridine rings is 1. The quantitative estimate of drug-likeness (QED) is 0.911. The molecule has 1 aliphatic heterocycles. The van der Waals surface area contributed by atoms with Crippen molar-refractivity contribution in [1.29, 1.82) is 0 Å². The van der Waals surface area contributed by atoms with E-state index in [1.165, 1.54) is 17.7 Å². The molecular weight excluding hydrogens is 314 g/mol. The van der Waals surface area contributed by atoms with Gasteiger partial charge < -0.3 is 14.8 Å². The molecule has 0 radical (unpaired) electrons. The van der Waals surface area contributed by atoms with E-state index in [-0.39, 0.29) is 5.91 Å². The van der Waals surface area contributed by atoms with Gasteiger partial charge >= 0.3 is 0 Å². The van der Waals surface area contributed by atoms with Crippen LogP contribution in [0, 0.1) is 12.8 Å². The Labute approximate surface area is 139 Å². The zero-order chi connectivity index (χ0) is 16.1. The van der Waals surface area contributed by atoms with E-state index in [1.54, 1.807) is 12.1 Å². The van der Waals surface area contributed by atoms with Gasteiger partial charge in [0.2, 0.25) is 5.88 Å². The van der Waals surface area contributed by atoms with E-state index in [4.69, 9.17) is 9.47 Å². The van der Waals surface area contributed by atoms with Crippen molar-refractivity contribution >= 4 is 22.4 Å². The molecule has 1 aliphatic rings. The molecule has 1 amide bonds. The molecule has 1 fully saturated rings. The summed E-state index contributed by atoms with van der Waals surface area (Å²) in [5.41, 5.74) is 1.38. The lowest BCUT2D eigenvalue weighted by molar-refractivity contribution is 0.0490. The van der Waals surface area contributed by atoms with E-state index < -0.39 is 0 Å². The first-order chi connectivity index (χ1) is 11.2. The molecule has 0 spiro atoms. The zero-order valence-corrected chi connectivity index (χ0v) is 13.8. The first kappa shape index (κ1) is 15.9. The highest BCUT2D eigenvalue weighted by Gasteiger charge is 2.15. The van der Waals surface area contributed by atoms with Crippen molar-refractivity contribution < 1.29 is 14.3 Å². The van der Waals surface area contributed by atoms with Gasteiger partial charge in [0, 0.05) is 25.5 Å². The Hall–Kier alpha value is -1.99. The number of nitrogens with one attached hydrogen (secondary N) is 1. The molecule has 0 bridgehead atoms. The Kier molecular flexibility index (Phi) is 5.19. The largest absolute Gasteiger partial charge is 0.477 e. The highest BCUT2D eigenvalue weighted by atomic mass is 32.1. The topological polar surface area (TPSA) is 73.3 Å². The number of ether oxygens (including phenoxy) is 2. The van der Waals surface area contributed by atoms with Gasteiger partial charge in [-0.05, 0) is 49.3 Å². The van der Waals surface area contributed by atoms with Crippen LogP contribution in [-0.2, 0) is 4.74 Å². The Morgan fingerprint density at radius 2 is 2.26 bits per heavy atom. The second-order valence-corrected chi connectivity index (χ2v) is 6.34. The van der Waals surface area contributed by atoms with Crippen LogP contribution in [0.25, 0.3) is 0 Å². The molecule has 122 valence electrons. The van der Waals surface area contributed by atoms with Gasteiger partial charge in [-0.2, -0.15) is 4.37 Å². The lowest BCUT2D eigenvalue weighted by atomic mass is 10.0. The smallest absolute Gasteiger partial charge is 0.257 e. The molecule has 0 unspecified atom stereocenters. The normalized spacial score (nSPS) is 15.3. The molecule has 7 heteroatoms. The summed E-state index contributed by atoms with van der Waals surface area (Å²) < 4.78 is 15.1. The Morgan fingerprint density at radius 1 is 1.43 bits per heavy atom. The van der Waals surface area contributed by atoms with Gasteiger partial charge in [0.15, 0.2) is 0 Å². The summed E-state index contributed by atoms with van der Waals surface area (Å²) in [6.07, 6.45) is 3.58. The number of aromatic nitrogens is 2. The van der Waals surface area contributed by atoms with Crippen molar-refractivity contribution in [2.24, 2.45) is 5.92 Å². The lowest BCUT2D eigenvalue weighted by Gasteiger charge is -2.21. The standard InChI is InChI=1S/C16H19N3O3S/c1-11-8-15(23-19-11)18-16(20)13-2-3-14(17-9-13)22-10-12-4-6-21-7-5-12/h2-3,8-9,12H,4-7,10H2,1H3,(H,18,20). The maximum Gasteiger partial charge on any atom is 0.257 e. The number of anilines is 1. The highest BCUT2D eigenvalue weighted by Crippen LogP contribution is 2.18. The third-order valence-corrected chi connectivity index (χ3v) is 4.47. The van der Waals surface area contributed by atoms with Crippen LogP contribution in [0.1, 0.15) is 28.9 Å². The maximum absolute atomic E-state index is 12.1. The SMILES string of the molecule is Cc1cc(NC(=O)c2ccc(OCC3CCOCC3)nc2)sn1. The van der Waals surface area contributed by atoms with Gasteiger partial charge in [0.05, 0.1) is 17.9 Å². The van der Waals surface area contributed by atoms with Crippen molar-refractivity contribution in [3.05, 3.63) is 35.7 Å². The number of nitrogens with zero attached hydrogens (tertiary/aromatic N) is 2. The minimum absolute atomic E-state index is 0.197. The average Bonchev–Trinajstić information content (AvgIpc) is 2.99. The lowest BCUT2D eigenvalue weighted by Crippen LogP contribution is -2.21. The zero-order valence-electron chi connectivity index (χ0n) is 12.9. The molecule has 6 nitrogen and oxygen atoms in total. The van der Waals surface area contributed by atoms with Gasteiger partial charge in [-0.3, -0.25) is 4.79 Å². The fourth-order valence-corrected chi connectivity index (χ4v) is 2.98. The number of aryl methyl sites for hydroxylation is 1. The summed E-state index contributed by atoms with van der Waals surface area (Å²) in [6.45, 7) is 4.13. The van der Waals surface area contributed by atoms with E-state index in [2.05, 4.69) is 14.7 Å². The Balaban J connectivity index is 1.52. The van der Waals surface area contributed by atoms with Crippen molar-refractivity contribution in [1.82, 2.24) is 9.36 Å². The van der Waals surface area contributed by atoms with E-state index in [1.807, 2.05) is 13.0 Å². The molecular formula is C16H19N3O3S. The van der Waals surface area contributed by atoms with Crippen molar-refractivity contribution in [3.63, 3.8) is 0 Å². The van der Waals surface area contributed by atoms with E-state index >= 15 is 0 Å². The summed E-state index contributed by atoms with van der Waals surface area (Å²) in [7, 11) is 0. The van der Waals surface area contributed by atoms with Crippen molar-refractivity contribution in [2.75, 3.05) is 25.1 Å². The molecule has 0 saturated carbocycles. The van der Waals surface area contributed by atoms with Crippen LogP contribution < -0.4 is 10.1 Å². The van der Waals surface area contributed by atoms with Gasteiger partial charge in [0.1, 0.15) is 5.00 Å². The average molecular weight is 333 g/mol. The minimum Gasteiger partial charge on any atom is -0.477 e. The van der Waals surface area contributed by atoms with Crippen LogP contribution in [0.2, 0.25) is 0 Å². The number of rotatable bonds is 5. The van der Waals surface area contributed by atoms with Gasteiger partial charge in [0.25, 0.3) is 5.91 Å². The first-order valence-corrected chi connectivity index (χ1v) is 8.39. The van der Waals surface area contributed by atoms with Crippen LogP contribution in [0.15, 0.2) is 24.4 Å². The third kappa shape index (κ3) is 4.49. The van der Waals surface area contributed by atoms with Crippen molar-refractivity contribution in [3.8, 4) is 5.88 Å². The number of hydrogen-bond donors (Lipinski definition) is 1. The molecule has 23 heavy (non-hydrogen) atoms. The van der Waals surface area contributed by atoms with E-state index in [9.17, 15) is 4.79 Å². The number of carbonyl (C=O) groups is 1. The maximum atomic E-state index is 12.1. The van der Waals surface area contributed by atoms with Crippen LogP contribution in [0.5, 0.6) is 5.88 Å². The molecule has 3 rings (SSSR count). The minimum atomic E-state index is -0.197. The van der Waals surface area contributed by atoms with E-state index in [0.717, 1.165) is 36.8 Å². The fourth-order valence-electron chi connectivity index (χ4n) is 2.32. The molecule has 3 heterocycles. The molecule has 0 aliphatic carbocycles. The summed E-state index contributed by atoms with van der Waals surface area (Å²) in [4.78, 5) is 16.3. The molecule has 2 aromatic heterocycles. The van der Waals surface area contributed by atoms with Crippen LogP contribution in [-0.4, -0.2) is 35.1 Å². The van der Waals surface area contributed by atoms with E-state index in [0.29, 0.717) is 24.0 Å². The Morgan fingerprint density at radius 3 is 2.91 bits per heavy atom. The third-order valence-electron chi connectivity index (χ3n) is 3.67. The molecule has 1 saturated heterocycles. The summed E-state index contributed by atoms with van der Waals surface area (Å²) in [6, 6.07) is 5.28. The molecule has 1 N–H and O–H groups in total. The number of carbonyl (C=O) groups excluding carboxylic acids is 1. The summed E-state index contributed by atoms with van der Waals surface area (Å²) >= 11 is 1.26. The predicted octanol–water partition coefficient (Wildman–Crippen LogP) is 2.90. The summed E-state index contributed by atoms with van der Waals surface area (Å²) in [5.74, 6) is 0.863. The predicted molar refractivity (Wildman–Crippen MR) is 88.1 cm³/mol. The van der Waals surface area contributed by atoms with Crippen LogP contribution in [0.4, 0.5) is 5.00 Å². The summed E-state index contributed by atoms with van der Waals surface area (Å²) in [5, 5.41) is 3.53.